The van der Waals surface area contributed by atoms with E-state index in [0.29, 0.717) is 18.7 Å². The quantitative estimate of drug-likeness (QED) is 0.779. The number of rotatable bonds is 5. The number of hydrogen-bond donors (Lipinski definition) is 2. The summed E-state index contributed by atoms with van der Waals surface area (Å²) >= 11 is 0. The number of piperidine rings is 1. The van der Waals surface area contributed by atoms with Crippen LogP contribution in [0.25, 0.3) is 0 Å². The lowest BCUT2D eigenvalue weighted by molar-refractivity contribution is -0.136. The number of amides is 2. The normalized spacial score (nSPS) is 14.6. The maximum absolute atomic E-state index is 12.9. The Morgan fingerprint density at radius 1 is 1.00 bits per heavy atom. The molecule has 3 rings (SSSR count). The highest BCUT2D eigenvalue weighted by atomic mass is 19.1. The van der Waals surface area contributed by atoms with Gasteiger partial charge in [0.15, 0.2) is 0 Å². The van der Waals surface area contributed by atoms with Gasteiger partial charge in [0.1, 0.15) is 5.82 Å². The zero-order valence-corrected chi connectivity index (χ0v) is 16.1. The Labute approximate surface area is 164 Å². The van der Waals surface area contributed by atoms with Crippen LogP contribution in [0.15, 0.2) is 48.5 Å². The first-order chi connectivity index (χ1) is 13.5. The third kappa shape index (κ3) is 5.55. The molecule has 148 valence electrons. The van der Waals surface area contributed by atoms with E-state index in [-0.39, 0.29) is 5.82 Å². The number of nitrogens with one attached hydrogen (secondary N) is 2. The van der Waals surface area contributed by atoms with Crippen molar-refractivity contribution in [3.05, 3.63) is 59.9 Å². The van der Waals surface area contributed by atoms with Crippen molar-refractivity contribution in [3.63, 3.8) is 0 Å². The Bertz CT molecular complexity index is 798. The van der Waals surface area contributed by atoms with Gasteiger partial charge in [-0.1, -0.05) is 19.1 Å². The van der Waals surface area contributed by atoms with Gasteiger partial charge in [-0.2, -0.15) is 0 Å². The Balaban J connectivity index is 1.44. The minimum Gasteiger partial charge on any atom is -0.372 e. The van der Waals surface area contributed by atoms with Crippen LogP contribution in [-0.4, -0.2) is 31.4 Å². The van der Waals surface area contributed by atoms with E-state index in [1.54, 1.807) is 12.1 Å². The molecule has 1 aliphatic heterocycles. The second kappa shape index (κ2) is 9.35. The molecule has 0 radical (unpaired) electrons. The van der Waals surface area contributed by atoms with Crippen molar-refractivity contribution in [2.45, 2.75) is 26.2 Å². The molecule has 0 bridgehead atoms. The third-order valence-corrected chi connectivity index (χ3v) is 5.09. The molecule has 1 heterocycles. The standard InChI is InChI=1S/C22H26FN3O2/c1-16-11-14-26(15-12-16)20-8-6-19(7-9-20)25-22(28)21(27)24-13-10-17-2-4-18(23)5-3-17/h2-9,16H,10-15H2,1H3,(H,24,27)(H,25,28). The summed E-state index contributed by atoms with van der Waals surface area (Å²) in [5.41, 5.74) is 2.62. The smallest absolute Gasteiger partial charge is 0.313 e. The average molecular weight is 383 g/mol. The van der Waals surface area contributed by atoms with Gasteiger partial charge in [0.2, 0.25) is 0 Å². The van der Waals surface area contributed by atoms with Gasteiger partial charge in [-0.25, -0.2) is 4.39 Å². The largest absolute Gasteiger partial charge is 0.372 e. The minimum atomic E-state index is -0.696. The monoisotopic (exact) mass is 383 g/mol. The van der Waals surface area contributed by atoms with Gasteiger partial charge in [-0.3, -0.25) is 9.59 Å². The molecule has 5 nitrogen and oxygen atoms in total. The fourth-order valence-electron chi connectivity index (χ4n) is 3.26. The van der Waals surface area contributed by atoms with Crippen molar-refractivity contribution in [2.75, 3.05) is 29.9 Å². The molecule has 0 spiro atoms. The molecule has 6 heteroatoms. The van der Waals surface area contributed by atoms with E-state index in [2.05, 4.69) is 22.5 Å². The lowest BCUT2D eigenvalue weighted by Crippen LogP contribution is -2.36. The second-order valence-electron chi connectivity index (χ2n) is 7.30. The number of carbonyl (C=O) groups is 2. The van der Waals surface area contributed by atoms with Gasteiger partial charge >= 0.3 is 11.8 Å². The molecular weight excluding hydrogens is 357 g/mol. The van der Waals surface area contributed by atoms with Crippen LogP contribution < -0.4 is 15.5 Å². The Morgan fingerprint density at radius 2 is 1.64 bits per heavy atom. The molecule has 0 aromatic heterocycles. The van der Waals surface area contributed by atoms with E-state index in [1.165, 1.54) is 25.0 Å². The van der Waals surface area contributed by atoms with Crippen LogP contribution in [-0.2, 0) is 16.0 Å². The minimum absolute atomic E-state index is 0.298. The van der Waals surface area contributed by atoms with Crippen LogP contribution in [0.3, 0.4) is 0 Å². The lowest BCUT2D eigenvalue weighted by atomic mass is 9.99. The molecule has 2 amide bonds. The van der Waals surface area contributed by atoms with Gasteiger partial charge in [0, 0.05) is 31.0 Å². The predicted molar refractivity (Wildman–Crippen MR) is 109 cm³/mol. The summed E-state index contributed by atoms with van der Waals surface area (Å²) in [6, 6.07) is 13.6. The van der Waals surface area contributed by atoms with Crippen LogP contribution in [0.4, 0.5) is 15.8 Å². The summed E-state index contributed by atoms with van der Waals surface area (Å²) < 4.78 is 12.9. The summed E-state index contributed by atoms with van der Waals surface area (Å²) in [6.45, 7) is 4.68. The highest BCUT2D eigenvalue weighted by molar-refractivity contribution is 6.39. The third-order valence-electron chi connectivity index (χ3n) is 5.09. The van der Waals surface area contributed by atoms with E-state index < -0.39 is 11.8 Å². The van der Waals surface area contributed by atoms with Crippen LogP contribution >= 0.6 is 0 Å². The maximum Gasteiger partial charge on any atom is 0.313 e. The zero-order valence-electron chi connectivity index (χ0n) is 16.1. The number of nitrogens with zero attached hydrogens (tertiary/aromatic N) is 1. The van der Waals surface area contributed by atoms with Gasteiger partial charge in [-0.15, -0.1) is 0 Å². The molecule has 2 N–H and O–H groups in total. The van der Waals surface area contributed by atoms with Crippen molar-refractivity contribution in [3.8, 4) is 0 Å². The van der Waals surface area contributed by atoms with E-state index in [4.69, 9.17) is 0 Å². The van der Waals surface area contributed by atoms with E-state index in [9.17, 15) is 14.0 Å². The summed E-state index contributed by atoms with van der Waals surface area (Å²) in [6.07, 6.45) is 2.91. The number of anilines is 2. The summed E-state index contributed by atoms with van der Waals surface area (Å²) in [4.78, 5) is 26.3. The van der Waals surface area contributed by atoms with Gasteiger partial charge in [0.05, 0.1) is 0 Å². The van der Waals surface area contributed by atoms with Crippen molar-refractivity contribution in [2.24, 2.45) is 5.92 Å². The van der Waals surface area contributed by atoms with Gasteiger partial charge in [-0.05, 0) is 67.1 Å². The Morgan fingerprint density at radius 3 is 2.29 bits per heavy atom. The topological polar surface area (TPSA) is 61.4 Å². The predicted octanol–water partition coefficient (Wildman–Crippen LogP) is 3.36. The highest BCUT2D eigenvalue weighted by Crippen LogP contribution is 2.24. The Kier molecular flexibility index (Phi) is 6.63. The summed E-state index contributed by atoms with van der Waals surface area (Å²) in [5.74, 6) is -0.903. The van der Waals surface area contributed by atoms with E-state index in [0.717, 1.165) is 30.3 Å². The number of benzene rings is 2. The van der Waals surface area contributed by atoms with Crippen LogP contribution in [0.5, 0.6) is 0 Å². The molecule has 0 aliphatic carbocycles. The van der Waals surface area contributed by atoms with Crippen molar-refractivity contribution >= 4 is 23.2 Å². The molecule has 0 saturated carbocycles. The molecule has 1 fully saturated rings. The van der Waals surface area contributed by atoms with Crippen molar-refractivity contribution < 1.29 is 14.0 Å². The van der Waals surface area contributed by atoms with Crippen LogP contribution in [0, 0.1) is 11.7 Å². The van der Waals surface area contributed by atoms with Gasteiger partial charge in [0.25, 0.3) is 0 Å². The van der Waals surface area contributed by atoms with Crippen LogP contribution in [0.1, 0.15) is 25.3 Å². The molecule has 0 atom stereocenters. The molecule has 28 heavy (non-hydrogen) atoms. The lowest BCUT2D eigenvalue weighted by Gasteiger charge is -2.32. The van der Waals surface area contributed by atoms with E-state index in [1.807, 2.05) is 24.3 Å². The molecule has 0 unspecified atom stereocenters. The summed E-state index contributed by atoms with van der Waals surface area (Å²) in [7, 11) is 0. The molecule has 2 aromatic rings. The maximum atomic E-state index is 12.9. The Hall–Kier alpha value is -2.89. The first kappa shape index (κ1) is 19.9. The number of halogens is 1. The van der Waals surface area contributed by atoms with Gasteiger partial charge < -0.3 is 15.5 Å². The second-order valence-corrected chi connectivity index (χ2v) is 7.30. The SMILES string of the molecule is CC1CCN(c2ccc(NC(=O)C(=O)NCCc3ccc(F)cc3)cc2)CC1. The highest BCUT2D eigenvalue weighted by Gasteiger charge is 2.17. The van der Waals surface area contributed by atoms with Crippen LogP contribution in [0.2, 0.25) is 0 Å². The zero-order chi connectivity index (χ0) is 19.9. The molecule has 2 aromatic carbocycles. The fourth-order valence-corrected chi connectivity index (χ4v) is 3.26. The number of carbonyl (C=O) groups excluding carboxylic acids is 2. The van der Waals surface area contributed by atoms with Crippen molar-refractivity contribution in [1.82, 2.24) is 5.32 Å². The fraction of sp³-hybridized carbons (Fsp3) is 0.364. The van der Waals surface area contributed by atoms with Crippen molar-refractivity contribution in [1.29, 1.82) is 0 Å². The first-order valence-corrected chi connectivity index (χ1v) is 9.70. The first-order valence-electron chi connectivity index (χ1n) is 9.70. The molecular formula is C22H26FN3O2. The van der Waals surface area contributed by atoms with E-state index >= 15 is 0 Å². The molecule has 1 aliphatic rings. The molecule has 1 saturated heterocycles. The summed E-state index contributed by atoms with van der Waals surface area (Å²) in [5, 5.41) is 5.20. The number of hydrogen-bond acceptors (Lipinski definition) is 3. The average Bonchev–Trinajstić information content (AvgIpc) is 2.70.